The van der Waals surface area contributed by atoms with E-state index in [-0.39, 0.29) is 12.0 Å². The molecular weight excluding hydrogens is 206 g/mol. The Hall–Kier alpha value is -1.59. The van der Waals surface area contributed by atoms with E-state index in [4.69, 9.17) is 10.5 Å². The molecule has 0 saturated carbocycles. The zero-order valence-electron chi connectivity index (χ0n) is 10.0. The van der Waals surface area contributed by atoms with Gasteiger partial charge in [-0.25, -0.2) is 0 Å². The Morgan fingerprint density at radius 2 is 2.12 bits per heavy atom. The number of ether oxygens (including phenoxy) is 1. The number of methoxy groups -OCH3 is 1. The number of aromatic nitrogens is 3. The second-order valence-corrected chi connectivity index (χ2v) is 3.69. The average molecular weight is 225 g/mol. The number of nitrogens with zero attached hydrogens (tertiary/aromatic N) is 3. The largest absolute Gasteiger partial charge is 0.467 e. The minimum atomic E-state index is 0.164. The van der Waals surface area contributed by atoms with Crippen LogP contribution in [0.1, 0.15) is 33.1 Å². The highest BCUT2D eigenvalue weighted by molar-refractivity contribution is 5.33. The molecule has 90 valence electrons. The van der Waals surface area contributed by atoms with Gasteiger partial charge in [-0.05, 0) is 13.3 Å². The minimum Gasteiger partial charge on any atom is -0.467 e. The lowest BCUT2D eigenvalue weighted by atomic mass is 10.1. The SMILES string of the molecule is CCCCC(C)Nc1nc(N)nc(OC)n1. The smallest absolute Gasteiger partial charge is 0.322 e. The van der Waals surface area contributed by atoms with Crippen molar-refractivity contribution in [3.05, 3.63) is 0 Å². The lowest BCUT2D eigenvalue weighted by molar-refractivity contribution is 0.379. The summed E-state index contributed by atoms with van der Waals surface area (Å²) in [6.45, 7) is 4.25. The van der Waals surface area contributed by atoms with Crippen molar-refractivity contribution in [1.82, 2.24) is 15.0 Å². The fourth-order valence-corrected chi connectivity index (χ4v) is 1.33. The quantitative estimate of drug-likeness (QED) is 0.762. The van der Waals surface area contributed by atoms with Crippen LogP contribution < -0.4 is 15.8 Å². The van der Waals surface area contributed by atoms with Crippen molar-refractivity contribution in [2.45, 2.75) is 39.2 Å². The van der Waals surface area contributed by atoms with Crippen LogP contribution >= 0.6 is 0 Å². The Morgan fingerprint density at radius 3 is 2.75 bits per heavy atom. The molecule has 0 bridgehead atoms. The molecule has 0 aliphatic carbocycles. The molecule has 3 N–H and O–H groups in total. The van der Waals surface area contributed by atoms with Crippen molar-refractivity contribution < 1.29 is 4.74 Å². The van der Waals surface area contributed by atoms with Crippen LogP contribution in [0.25, 0.3) is 0 Å². The first-order valence-electron chi connectivity index (χ1n) is 5.47. The fourth-order valence-electron chi connectivity index (χ4n) is 1.33. The number of rotatable bonds is 6. The molecule has 1 aromatic heterocycles. The van der Waals surface area contributed by atoms with E-state index in [9.17, 15) is 0 Å². The van der Waals surface area contributed by atoms with E-state index in [0.717, 1.165) is 6.42 Å². The van der Waals surface area contributed by atoms with E-state index in [1.165, 1.54) is 20.0 Å². The number of nitrogens with two attached hydrogens (primary N) is 1. The highest BCUT2D eigenvalue weighted by Gasteiger charge is 2.07. The molecule has 0 fully saturated rings. The molecule has 1 rings (SSSR count). The Bertz CT molecular complexity index is 331. The van der Waals surface area contributed by atoms with Crippen molar-refractivity contribution in [2.75, 3.05) is 18.2 Å². The summed E-state index contributed by atoms with van der Waals surface area (Å²) in [5.74, 6) is 0.630. The predicted molar refractivity (Wildman–Crippen MR) is 63.4 cm³/mol. The Balaban J connectivity index is 2.61. The summed E-state index contributed by atoms with van der Waals surface area (Å²) in [4.78, 5) is 11.9. The topological polar surface area (TPSA) is 86.0 Å². The number of anilines is 2. The number of nitrogen functional groups attached to an aromatic ring is 1. The Kier molecular flexibility index (Phi) is 4.75. The van der Waals surface area contributed by atoms with Crippen molar-refractivity contribution in [3.8, 4) is 6.01 Å². The Morgan fingerprint density at radius 1 is 1.38 bits per heavy atom. The predicted octanol–water partition coefficient (Wildman–Crippen LogP) is 1.45. The van der Waals surface area contributed by atoms with Crippen LogP contribution in [0.4, 0.5) is 11.9 Å². The third-order valence-corrected chi connectivity index (χ3v) is 2.18. The average Bonchev–Trinajstić information content (AvgIpc) is 2.25. The molecule has 16 heavy (non-hydrogen) atoms. The summed E-state index contributed by atoms with van der Waals surface area (Å²) in [7, 11) is 1.50. The van der Waals surface area contributed by atoms with Gasteiger partial charge in [0.1, 0.15) is 0 Å². The second-order valence-electron chi connectivity index (χ2n) is 3.69. The molecule has 6 heteroatoms. The second kappa shape index (κ2) is 6.09. The molecule has 1 heterocycles. The van der Waals surface area contributed by atoms with Crippen molar-refractivity contribution in [2.24, 2.45) is 0 Å². The maximum absolute atomic E-state index is 5.53. The summed E-state index contributed by atoms with van der Waals surface area (Å²) < 4.78 is 4.92. The molecule has 1 aromatic rings. The van der Waals surface area contributed by atoms with E-state index in [0.29, 0.717) is 12.0 Å². The number of nitrogens with one attached hydrogen (secondary N) is 1. The first kappa shape index (κ1) is 12.5. The first-order valence-corrected chi connectivity index (χ1v) is 5.47. The lowest BCUT2D eigenvalue weighted by Crippen LogP contribution is -2.18. The molecule has 1 unspecified atom stereocenters. The molecule has 1 atom stereocenters. The van der Waals surface area contributed by atoms with E-state index in [2.05, 4.69) is 34.1 Å². The van der Waals surface area contributed by atoms with Gasteiger partial charge in [-0.2, -0.15) is 15.0 Å². The van der Waals surface area contributed by atoms with Gasteiger partial charge in [0.25, 0.3) is 0 Å². The third kappa shape index (κ3) is 3.88. The van der Waals surface area contributed by atoms with Crippen LogP contribution in [0.5, 0.6) is 6.01 Å². The molecule has 0 saturated heterocycles. The van der Waals surface area contributed by atoms with Crippen molar-refractivity contribution in [1.29, 1.82) is 0 Å². The summed E-state index contributed by atoms with van der Waals surface area (Å²) in [6.07, 6.45) is 3.42. The standard InChI is InChI=1S/C10H19N5O/c1-4-5-6-7(2)12-9-13-8(11)14-10(15-9)16-3/h7H,4-6H2,1-3H3,(H3,11,12,13,14,15). The van der Waals surface area contributed by atoms with Crippen LogP contribution in [0.15, 0.2) is 0 Å². The summed E-state index contributed by atoms with van der Waals surface area (Å²) >= 11 is 0. The van der Waals surface area contributed by atoms with Gasteiger partial charge in [-0.1, -0.05) is 19.8 Å². The molecule has 0 spiro atoms. The summed E-state index contributed by atoms with van der Waals surface area (Å²) in [5, 5.41) is 3.17. The lowest BCUT2D eigenvalue weighted by Gasteiger charge is -2.13. The van der Waals surface area contributed by atoms with Crippen LogP contribution in [0, 0.1) is 0 Å². The molecule has 0 amide bonds. The van der Waals surface area contributed by atoms with Gasteiger partial charge in [0, 0.05) is 6.04 Å². The summed E-state index contributed by atoms with van der Waals surface area (Å²) in [5.41, 5.74) is 5.53. The van der Waals surface area contributed by atoms with Crippen LogP contribution in [-0.4, -0.2) is 28.1 Å². The summed E-state index contributed by atoms with van der Waals surface area (Å²) in [6, 6.07) is 0.546. The van der Waals surface area contributed by atoms with Gasteiger partial charge in [-0.3, -0.25) is 0 Å². The zero-order chi connectivity index (χ0) is 12.0. The van der Waals surface area contributed by atoms with E-state index in [1.807, 2.05) is 0 Å². The zero-order valence-corrected chi connectivity index (χ0v) is 10.0. The van der Waals surface area contributed by atoms with Gasteiger partial charge in [-0.15, -0.1) is 0 Å². The monoisotopic (exact) mass is 225 g/mol. The maximum atomic E-state index is 5.53. The minimum absolute atomic E-state index is 0.164. The molecule has 0 aliphatic heterocycles. The van der Waals surface area contributed by atoms with Crippen LogP contribution in [-0.2, 0) is 0 Å². The van der Waals surface area contributed by atoms with Gasteiger partial charge >= 0.3 is 6.01 Å². The molecule has 0 aromatic carbocycles. The van der Waals surface area contributed by atoms with E-state index >= 15 is 0 Å². The first-order chi connectivity index (χ1) is 7.65. The van der Waals surface area contributed by atoms with Gasteiger partial charge < -0.3 is 15.8 Å². The number of unbranched alkanes of at least 4 members (excludes halogenated alkanes) is 1. The van der Waals surface area contributed by atoms with Crippen molar-refractivity contribution in [3.63, 3.8) is 0 Å². The van der Waals surface area contributed by atoms with Crippen LogP contribution in [0.3, 0.4) is 0 Å². The maximum Gasteiger partial charge on any atom is 0.322 e. The molecular formula is C10H19N5O. The Labute approximate surface area is 95.6 Å². The number of hydrogen-bond donors (Lipinski definition) is 2. The molecule has 0 radical (unpaired) electrons. The fraction of sp³-hybridized carbons (Fsp3) is 0.700. The van der Waals surface area contributed by atoms with E-state index < -0.39 is 0 Å². The molecule has 0 aliphatic rings. The van der Waals surface area contributed by atoms with Crippen LogP contribution in [0.2, 0.25) is 0 Å². The number of hydrogen-bond acceptors (Lipinski definition) is 6. The van der Waals surface area contributed by atoms with Gasteiger partial charge in [0.2, 0.25) is 11.9 Å². The van der Waals surface area contributed by atoms with Gasteiger partial charge in [0.15, 0.2) is 0 Å². The highest BCUT2D eigenvalue weighted by atomic mass is 16.5. The van der Waals surface area contributed by atoms with E-state index in [1.54, 1.807) is 0 Å². The van der Waals surface area contributed by atoms with Crippen molar-refractivity contribution >= 4 is 11.9 Å². The van der Waals surface area contributed by atoms with Gasteiger partial charge in [0.05, 0.1) is 7.11 Å². The molecule has 6 nitrogen and oxygen atoms in total. The highest BCUT2D eigenvalue weighted by Crippen LogP contribution is 2.11. The third-order valence-electron chi connectivity index (χ3n) is 2.18. The normalized spacial score (nSPS) is 12.2.